The van der Waals surface area contributed by atoms with Gasteiger partial charge in [-0.1, -0.05) is 0 Å². The average molecular weight is 158 g/mol. The third kappa shape index (κ3) is 4.11. The van der Waals surface area contributed by atoms with E-state index in [1.807, 2.05) is 0 Å². The highest BCUT2D eigenvalue weighted by atomic mass is 16.6. The zero-order chi connectivity index (χ0) is 8.10. The van der Waals surface area contributed by atoms with Gasteiger partial charge in [-0.15, -0.1) is 0 Å². The highest BCUT2D eigenvalue weighted by Gasteiger charge is 2.21. The quantitative estimate of drug-likeness (QED) is 0.452. The molecule has 64 valence electrons. The smallest absolute Gasteiger partial charge is 0.122 e. The maximum absolute atomic E-state index is 9.94. The van der Waals surface area contributed by atoms with Crippen molar-refractivity contribution in [2.24, 2.45) is 0 Å². The Morgan fingerprint density at radius 3 is 3.00 bits per heavy atom. The number of hydrogen-bond acceptors (Lipinski definition) is 3. The number of rotatable bonds is 6. The van der Waals surface area contributed by atoms with Crippen LogP contribution in [0.4, 0.5) is 0 Å². The van der Waals surface area contributed by atoms with Gasteiger partial charge in [0, 0.05) is 6.42 Å². The van der Waals surface area contributed by atoms with Gasteiger partial charge in [-0.05, 0) is 19.3 Å². The molecule has 3 heteroatoms. The topological polar surface area (TPSA) is 49.8 Å². The highest BCUT2D eigenvalue weighted by molar-refractivity contribution is 5.49. The second-order valence-corrected chi connectivity index (χ2v) is 2.94. The van der Waals surface area contributed by atoms with Crippen molar-refractivity contribution in [1.82, 2.24) is 0 Å². The Kier molecular flexibility index (Phi) is 3.52. The summed E-state index contributed by atoms with van der Waals surface area (Å²) in [4.78, 5) is 9.94. The molecule has 0 spiro atoms. The van der Waals surface area contributed by atoms with E-state index in [1.165, 1.54) is 0 Å². The predicted octanol–water partition coefficient (Wildman–Crippen LogP) is 0.505. The number of aldehydes is 1. The number of carbonyl (C=O) groups excluding carboxylic acids is 1. The average Bonchev–Trinajstić information content (AvgIpc) is 2.72. The number of carbonyl (C=O) groups is 1. The van der Waals surface area contributed by atoms with Crippen molar-refractivity contribution < 1.29 is 14.6 Å². The molecule has 1 N–H and O–H groups in total. The van der Waals surface area contributed by atoms with Crippen molar-refractivity contribution >= 4 is 6.29 Å². The molecule has 0 radical (unpaired) electrons. The third-order valence-electron chi connectivity index (χ3n) is 1.83. The molecule has 1 saturated heterocycles. The summed E-state index contributed by atoms with van der Waals surface area (Å²) in [6.45, 7) is 0.879. The maximum atomic E-state index is 9.94. The van der Waals surface area contributed by atoms with Gasteiger partial charge >= 0.3 is 0 Å². The molecular formula is C8H14O3. The summed E-state index contributed by atoms with van der Waals surface area (Å²) >= 11 is 0. The van der Waals surface area contributed by atoms with Gasteiger partial charge < -0.3 is 14.6 Å². The lowest BCUT2D eigenvalue weighted by Gasteiger charge is -2.04. The lowest BCUT2D eigenvalue weighted by atomic mass is 10.1. The SMILES string of the molecule is O=CCC(O)CCCC1CO1. The molecule has 0 amide bonds. The summed E-state index contributed by atoms with van der Waals surface area (Å²) in [5, 5.41) is 9.11. The van der Waals surface area contributed by atoms with E-state index >= 15 is 0 Å². The van der Waals surface area contributed by atoms with Gasteiger partial charge in [0.1, 0.15) is 6.29 Å². The first-order valence-corrected chi connectivity index (χ1v) is 4.06. The number of epoxide rings is 1. The molecule has 11 heavy (non-hydrogen) atoms. The van der Waals surface area contributed by atoms with Crippen molar-refractivity contribution in [3.63, 3.8) is 0 Å². The molecule has 0 saturated carbocycles. The van der Waals surface area contributed by atoms with Crippen LogP contribution < -0.4 is 0 Å². The van der Waals surface area contributed by atoms with E-state index < -0.39 is 6.10 Å². The monoisotopic (exact) mass is 158 g/mol. The van der Waals surface area contributed by atoms with E-state index in [0.29, 0.717) is 6.10 Å². The molecule has 2 unspecified atom stereocenters. The third-order valence-corrected chi connectivity index (χ3v) is 1.83. The Bertz CT molecular complexity index is 121. The molecule has 1 aliphatic heterocycles. The minimum Gasteiger partial charge on any atom is -0.393 e. The summed E-state index contributed by atoms with van der Waals surface area (Å²) in [6.07, 6.45) is 3.74. The lowest BCUT2D eigenvalue weighted by molar-refractivity contribution is -0.109. The molecule has 0 aromatic carbocycles. The van der Waals surface area contributed by atoms with Gasteiger partial charge in [-0.3, -0.25) is 0 Å². The van der Waals surface area contributed by atoms with Gasteiger partial charge in [-0.2, -0.15) is 0 Å². The molecule has 3 nitrogen and oxygen atoms in total. The van der Waals surface area contributed by atoms with Crippen molar-refractivity contribution in [3.05, 3.63) is 0 Å². The van der Waals surface area contributed by atoms with Crippen molar-refractivity contribution in [2.75, 3.05) is 6.61 Å². The Labute approximate surface area is 66.4 Å². The zero-order valence-corrected chi connectivity index (χ0v) is 6.53. The van der Waals surface area contributed by atoms with E-state index in [4.69, 9.17) is 9.84 Å². The molecule has 0 aromatic rings. The van der Waals surface area contributed by atoms with Crippen LogP contribution in [0.3, 0.4) is 0 Å². The molecule has 1 heterocycles. The molecule has 0 aromatic heterocycles. The number of aliphatic hydroxyl groups is 1. The van der Waals surface area contributed by atoms with E-state index in [1.54, 1.807) is 0 Å². The van der Waals surface area contributed by atoms with E-state index in [2.05, 4.69) is 0 Å². The Balaban J connectivity index is 1.87. The zero-order valence-electron chi connectivity index (χ0n) is 6.53. The molecule has 0 aliphatic carbocycles. The summed E-state index contributed by atoms with van der Waals surface area (Å²) < 4.78 is 5.00. The number of ether oxygens (including phenoxy) is 1. The van der Waals surface area contributed by atoms with Crippen LogP contribution in [-0.2, 0) is 9.53 Å². The molecular weight excluding hydrogens is 144 g/mol. The molecule has 1 aliphatic rings. The van der Waals surface area contributed by atoms with Crippen LogP contribution >= 0.6 is 0 Å². The summed E-state index contributed by atoms with van der Waals surface area (Å²) in [6, 6.07) is 0. The van der Waals surface area contributed by atoms with Crippen LogP contribution in [0.1, 0.15) is 25.7 Å². The maximum Gasteiger partial charge on any atom is 0.122 e. The lowest BCUT2D eigenvalue weighted by Crippen LogP contribution is -2.06. The first kappa shape index (κ1) is 8.68. The van der Waals surface area contributed by atoms with Crippen LogP contribution in [-0.4, -0.2) is 30.2 Å². The van der Waals surface area contributed by atoms with Crippen molar-refractivity contribution in [3.8, 4) is 0 Å². The van der Waals surface area contributed by atoms with Crippen LogP contribution in [0.15, 0.2) is 0 Å². The standard InChI is InChI=1S/C8H14O3/c9-5-4-7(10)2-1-3-8-6-11-8/h5,7-8,10H,1-4,6H2. The normalized spacial score (nSPS) is 24.6. The second kappa shape index (κ2) is 4.46. The fourth-order valence-electron chi connectivity index (χ4n) is 1.04. The molecule has 1 fully saturated rings. The second-order valence-electron chi connectivity index (χ2n) is 2.94. The summed E-state index contributed by atoms with van der Waals surface area (Å²) in [7, 11) is 0. The van der Waals surface area contributed by atoms with Crippen LogP contribution in [0, 0.1) is 0 Å². The van der Waals surface area contributed by atoms with Gasteiger partial charge in [0.25, 0.3) is 0 Å². The van der Waals surface area contributed by atoms with Crippen LogP contribution in [0.2, 0.25) is 0 Å². The first-order chi connectivity index (χ1) is 5.33. The molecule has 0 bridgehead atoms. The minimum absolute atomic E-state index is 0.269. The number of hydrogen-bond donors (Lipinski definition) is 1. The summed E-state index contributed by atoms with van der Waals surface area (Å²) in [5.74, 6) is 0. The number of aliphatic hydroxyl groups excluding tert-OH is 1. The van der Waals surface area contributed by atoms with E-state index in [9.17, 15) is 4.79 Å². The largest absolute Gasteiger partial charge is 0.393 e. The minimum atomic E-state index is -0.439. The highest BCUT2D eigenvalue weighted by Crippen LogP contribution is 2.17. The van der Waals surface area contributed by atoms with Crippen LogP contribution in [0.5, 0.6) is 0 Å². The fourth-order valence-corrected chi connectivity index (χ4v) is 1.04. The first-order valence-electron chi connectivity index (χ1n) is 4.06. The van der Waals surface area contributed by atoms with Crippen molar-refractivity contribution in [1.29, 1.82) is 0 Å². The predicted molar refractivity (Wildman–Crippen MR) is 40.3 cm³/mol. The van der Waals surface area contributed by atoms with Crippen LogP contribution in [0.25, 0.3) is 0 Å². The Morgan fingerprint density at radius 2 is 2.45 bits per heavy atom. The Morgan fingerprint density at radius 1 is 1.73 bits per heavy atom. The Hall–Kier alpha value is -0.410. The van der Waals surface area contributed by atoms with E-state index in [0.717, 1.165) is 32.2 Å². The summed E-state index contributed by atoms with van der Waals surface area (Å²) in [5.41, 5.74) is 0. The van der Waals surface area contributed by atoms with Gasteiger partial charge in [0.05, 0.1) is 18.8 Å². The van der Waals surface area contributed by atoms with Gasteiger partial charge in [0.2, 0.25) is 0 Å². The van der Waals surface area contributed by atoms with Gasteiger partial charge in [0.15, 0.2) is 0 Å². The fraction of sp³-hybridized carbons (Fsp3) is 0.875. The van der Waals surface area contributed by atoms with Crippen molar-refractivity contribution in [2.45, 2.75) is 37.9 Å². The molecule has 1 rings (SSSR count). The van der Waals surface area contributed by atoms with Gasteiger partial charge in [-0.25, -0.2) is 0 Å². The van der Waals surface area contributed by atoms with E-state index in [-0.39, 0.29) is 6.42 Å². The molecule has 2 atom stereocenters.